The van der Waals surface area contributed by atoms with E-state index in [1.807, 2.05) is 18.2 Å². The van der Waals surface area contributed by atoms with Crippen LogP contribution in [0.2, 0.25) is 0 Å². The van der Waals surface area contributed by atoms with Crippen molar-refractivity contribution in [2.45, 2.75) is 26.7 Å². The molecule has 0 saturated heterocycles. The van der Waals surface area contributed by atoms with E-state index in [1.165, 1.54) is 5.56 Å². The number of halogens is 1. The van der Waals surface area contributed by atoms with Crippen LogP contribution in [0.3, 0.4) is 0 Å². The summed E-state index contributed by atoms with van der Waals surface area (Å²) in [5.74, 6) is 0.801. The second-order valence-corrected chi connectivity index (χ2v) is 5.91. The largest absolute Gasteiger partial charge is 0.383 e. The van der Waals surface area contributed by atoms with Crippen LogP contribution in [0.1, 0.15) is 23.6 Å². The van der Waals surface area contributed by atoms with E-state index in [2.05, 4.69) is 58.9 Å². The molecule has 2 aromatic rings. The van der Waals surface area contributed by atoms with Gasteiger partial charge in [0, 0.05) is 20.2 Å². The van der Waals surface area contributed by atoms with Gasteiger partial charge >= 0.3 is 0 Å². The monoisotopic (exact) mass is 483 g/mol. The Morgan fingerprint density at radius 3 is 2.37 bits per heavy atom. The molecular weight excluding hydrogens is 453 g/mol. The van der Waals surface area contributed by atoms with E-state index in [9.17, 15) is 0 Å². The number of aliphatic imine (C=N–C) groups is 1. The summed E-state index contributed by atoms with van der Waals surface area (Å²) in [6.07, 6.45) is 0. The van der Waals surface area contributed by atoms with Gasteiger partial charge in [-0.2, -0.15) is 0 Å². The van der Waals surface area contributed by atoms with E-state index in [4.69, 9.17) is 9.47 Å². The number of methoxy groups -OCH3 is 1. The van der Waals surface area contributed by atoms with Crippen LogP contribution in [-0.2, 0) is 29.2 Å². The quantitative estimate of drug-likeness (QED) is 0.234. The van der Waals surface area contributed by atoms with Gasteiger partial charge in [-0.25, -0.2) is 4.99 Å². The molecule has 0 fully saturated rings. The summed E-state index contributed by atoms with van der Waals surface area (Å²) in [4.78, 5) is 4.62. The van der Waals surface area contributed by atoms with Gasteiger partial charge in [0.25, 0.3) is 0 Å². The van der Waals surface area contributed by atoms with Crippen molar-refractivity contribution < 1.29 is 9.47 Å². The van der Waals surface area contributed by atoms with Gasteiger partial charge in [0.1, 0.15) is 0 Å². The molecule has 0 aliphatic carbocycles. The SMILES string of the molecule is CCNC(=NCc1cccc(COCc2ccccc2)c1)NCCOC.I. The third-order valence-electron chi connectivity index (χ3n) is 3.73. The maximum absolute atomic E-state index is 5.82. The zero-order chi connectivity index (χ0) is 18.5. The van der Waals surface area contributed by atoms with Crippen LogP contribution >= 0.6 is 24.0 Å². The molecule has 5 nitrogen and oxygen atoms in total. The maximum atomic E-state index is 5.82. The van der Waals surface area contributed by atoms with E-state index in [-0.39, 0.29) is 24.0 Å². The molecular formula is C21H30IN3O2. The Morgan fingerprint density at radius 2 is 1.63 bits per heavy atom. The summed E-state index contributed by atoms with van der Waals surface area (Å²) in [5.41, 5.74) is 3.51. The molecule has 0 aliphatic heterocycles. The number of guanidine groups is 1. The number of rotatable bonds is 10. The second kappa shape index (κ2) is 14.4. The zero-order valence-corrected chi connectivity index (χ0v) is 18.4. The van der Waals surface area contributed by atoms with Crippen LogP contribution in [0.5, 0.6) is 0 Å². The highest BCUT2D eigenvalue weighted by Gasteiger charge is 2.00. The van der Waals surface area contributed by atoms with Gasteiger partial charge in [0.2, 0.25) is 0 Å². The molecule has 148 valence electrons. The van der Waals surface area contributed by atoms with Gasteiger partial charge in [0.15, 0.2) is 5.96 Å². The topological polar surface area (TPSA) is 54.9 Å². The minimum Gasteiger partial charge on any atom is -0.383 e. The highest BCUT2D eigenvalue weighted by Crippen LogP contribution is 2.10. The number of hydrogen-bond donors (Lipinski definition) is 2. The van der Waals surface area contributed by atoms with Crippen LogP contribution in [0.15, 0.2) is 59.6 Å². The first-order valence-electron chi connectivity index (χ1n) is 9.02. The van der Waals surface area contributed by atoms with E-state index in [1.54, 1.807) is 7.11 Å². The number of nitrogens with zero attached hydrogens (tertiary/aromatic N) is 1. The van der Waals surface area contributed by atoms with Crippen molar-refractivity contribution in [1.82, 2.24) is 10.6 Å². The molecule has 0 unspecified atom stereocenters. The van der Waals surface area contributed by atoms with Crippen molar-refractivity contribution in [2.75, 3.05) is 26.8 Å². The molecule has 0 amide bonds. The fraction of sp³-hybridized carbons (Fsp3) is 0.381. The van der Waals surface area contributed by atoms with Crippen molar-refractivity contribution in [3.8, 4) is 0 Å². The third-order valence-corrected chi connectivity index (χ3v) is 3.73. The highest BCUT2D eigenvalue weighted by atomic mass is 127. The zero-order valence-electron chi connectivity index (χ0n) is 16.1. The lowest BCUT2D eigenvalue weighted by atomic mass is 10.1. The van der Waals surface area contributed by atoms with E-state index < -0.39 is 0 Å². The standard InChI is InChI=1S/C21H29N3O2.HI/c1-3-22-21(23-12-13-25-2)24-15-19-10-7-11-20(14-19)17-26-16-18-8-5-4-6-9-18;/h4-11,14H,3,12-13,15-17H2,1-2H3,(H2,22,23,24);1H. The lowest BCUT2D eigenvalue weighted by Gasteiger charge is -2.11. The number of ether oxygens (including phenoxy) is 2. The lowest BCUT2D eigenvalue weighted by molar-refractivity contribution is 0.107. The van der Waals surface area contributed by atoms with Crippen LogP contribution in [0.25, 0.3) is 0 Å². The molecule has 0 spiro atoms. The van der Waals surface area contributed by atoms with Crippen LogP contribution in [0, 0.1) is 0 Å². The molecule has 0 atom stereocenters. The summed E-state index contributed by atoms with van der Waals surface area (Å²) < 4.78 is 10.9. The molecule has 2 aromatic carbocycles. The summed E-state index contributed by atoms with van der Waals surface area (Å²) in [7, 11) is 1.69. The number of hydrogen-bond acceptors (Lipinski definition) is 3. The van der Waals surface area contributed by atoms with Gasteiger partial charge in [-0.1, -0.05) is 54.6 Å². The number of nitrogens with one attached hydrogen (secondary N) is 2. The van der Waals surface area contributed by atoms with Gasteiger partial charge in [-0.15, -0.1) is 24.0 Å². The van der Waals surface area contributed by atoms with Gasteiger partial charge in [-0.05, 0) is 23.6 Å². The molecule has 0 bridgehead atoms. The smallest absolute Gasteiger partial charge is 0.191 e. The lowest BCUT2D eigenvalue weighted by Crippen LogP contribution is -2.38. The normalized spacial score (nSPS) is 11.0. The van der Waals surface area contributed by atoms with Gasteiger partial charge < -0.3 is 20.1 Å². The first-order chi connectivity index (χ1) is 12.8. The van der Waals surface area contributed by atoms with Crippen LogP contribution in [0.4, 0.5) is 0 Å². The van der Waals surface area contributed by atoms with Crippen molar-refractivity contribution >= 4 is 29.9 Å². The molecule has 6 heteroatoms. The number of benzene rings is 2. The van der Waals surface area contributed by atoms with Crippen molar-refractivity contribution in [3.63, 3.8) is 0 Å². The Labute approximate surface area is 179 Å². The van der Waals surface area contributed by atoms with Crippen molar-refractivity contribution in [1.29, 1.82) is 0 Å². The Hall–Kier alpha value is -1.64. The van der Waals surface area contributed by atoms with Gasteiger partial charge in [-0.3, -0.25) is 0 Å². The van der Waals surface area contributed by atoms with E-state index in [0.29, 0.717) is 26.4 Å². The average molecular weight is 483 g/mol. The predicted molar refractivity (Wildman–Crippen MR) is 121 cm³/mol. The van der Waals surface area contributed by atoms with Crippen LogP contribution < -0.4 is 10.6 Å². The maximum Gasteiger partial charge on any atom is 0.191 e. The fourth-order valence-corrected chi connectivity index (χ4v) is 2.46. The molecule has 0 aliphatic rings. The minimum absolute atomic E-state index is 0. The minimum atomic E-state index is 0. The molecule has 0 aromatic heterocycles. The Bertz CT molecular complexity index is 665. The Kier molecular flexibility index (Phi) is 12.5. The summed E-state index contributed by atoms with van der Waals surface area (Å²) in [6.45, 7) is 6.10. The Morgan fingerprint density at radius 1 is 0.926 bits per heavy atom. The second-order valence-electron chi connectivity index (χ2n) is 5.91. The molecule has 2 rings (SSSR count). The molecule has 0 radical (unpaired) electrons. The fourth-order valence-electron chi connectivity index (χ4n) is 2.46. The first-order valence-corrected chi connectivity index (χ1v) is 9.02. The predicted octanol–water partition coefficient (Wildman–Crippen LogP) is 3.72. The van der Waals surface area contributed by atoms with Crippen molar-refractivity contribution in [2.24, 2.45) is 4.99 Å². The first kappa shape index (κ1) is 23.4. The van der Waals surface area contributed by atoms with Crippen LogP contribution in [-0.4, -0.2) is 32.8 Å². The summed E-state index contributed by atoms with van der Waals surface area (Å²) in [5, 5.41) is 6.49. The molecule has 2 N–H and O–H groups in total. The average Bonchev–Trinajstić information content (AvgIpc) is 2.67. The summed E-state index contributed by atoms with van der Waals surface area (Å²) in [6, 6.07) is 18.6. The van der Waals surface area contributed by atoms with Crippen molar-refractivity contribution in [3.05, 3.63) is 71.3 Å². The highest BCUT2D eigenvalue weighted by molar-refractivity contribution is 14.0. The van der Waals surface area contributed by atoms with Gasteiger partial charge in [0.05, 0.1) is 26.4 Å². The molecule has 0 saturated carbocycles. The molecule has 0 heterocycles. The van der Waals surface area contributed by atoms with E-state index in [0.717, 1.165) is 30.2 Å². The van der Waals surface area contributed by atoms with E-state index >= 15 is 0 Å². The summed E-state index contributed by atoms with van der Waals surface area (Å²) >= 11 is 0. The Balaban J connectivity index is 0.00000364. The molecule has 27 heavy (non-hydrogen) atoms. The third kappa shape index (κ3) is 9.74.